The number of hydrogen-bond donors (Lipinski definition) is 1. The van der Waals surface area contributed by atoms with Gasteiger partial charge in [-0.2, -0.15) is 0 Å². The van der Waals surface area contributed by atoms with Crippen molar-refractivity contribution in [2.24, 2.45) is 7.05 Å². The first kappa shape index (κ1) is 21.8. The number of nitrogens with zero attached hydrogens (tertiary/aromatic N) is 3. The van der Waals surface area contributed by atoms with Crippen LogP contribution >= 0.6 is 23.1 Å². The number of thiophene rings is 1. The van der Waals surface area contributed by atoms with Crippen LogP contribution in [0.25, 0.3) is 0 Å². The maximum atomic E-state index is 12.4. The minimum absolute atomic E-state index is 0.145. The lowest BCUT2D eigenvalue weighted by molar-refractivity contribution is -0.113. The van der Waals surface area contributed by atoms with Crippen molar-refractivity contribution in [1.82, 2.24) is 14.8 Å². The van der Waals surface area contributed by atoms with Crippen molar-refractivity contribution in [3.05, 3.63) is 52.2 Å². The molecule has 0 bridgehead atoms. The molecule has 30 heavy (non-hydrogen) atoms. The van der Waals surface area contributed by atoms with Crippen LogP contribution in [-0.4, -0.2) is 46.6 Å². The zero-order valence-electron chi connectivity index (χ0n) is 17.1. The second kappa shape index (κ2) is 9.77. The smallest absolute Gasteiger partial charge is 0.340 e. The summed E-state index contributed by atoms with van der Waals surface area (Å²) < 4.78 is 11.8. The molecule has 2 aromatic heterocycles. The van der Waals surface area contributed by atoms with Crippen molar-refractivity contribution in [2.75, 3.05) is 25.3 Å². The molecule has 0 aliphatic heterocycles. The lowest BCUT2D eigenvalue weighted by atomic mass is 10.1. The van der Waals surface area contributed by atoms with E-state index in [1.54, 1.807) is 13.2 Å². The average Bonchev–Trinajstić information content (AvgIpc) is 3.28. The zero-order chi connectivity index (χ0) is 21.7. The van der Waals surface area contributed by atoms with Crippen LogP contribution in [0.15, 0.2) is 35.5 Å². The number of methoxy groups -OCH3 is 2. The third-order valence-corrected chi connectivity index (χ3v) is 6.28. The van der Waals surface area contributed by atoms with Gasteiger partial charge in [0.25, 0.3) is 0 Å². The van der Waals surface area contributed by atoms with E-state index in [-0.39, 0.29) is 11.7 Å². The molecule has 3 rings (SSSR count). The van der Waals surface area contributed by atoms with Gasteiger partial charge in [0.15, 0.2) is 5.16 Å². The van der Waals surface area contributed by atoms with E-state index in [0.29, 0.717) is 22.1 Å². The molecular weight excluding hydrogens is 424 g/mol. The molecule has 1 amide bonds. The van der Waals surface area contributed by atoms with Crippen molar-refractivity contribution >= 4 is 40.0 Å². The van der Waals surface area contributed by atoms with Gasteiger partial charge < -0.3 is 19.4 Å². The molecule has 1 aromatic carbocycles. The second-order valence-electron chi connectivity index (χ2n) is 6.41. The number of hydrogen-bond acceptors (Lipinski definition) is 8. The Morgan fingerprint density at radius 3 is 2.60 bits per heavy atom. The van der Waals surface area contributed by atoms with E-state index in [1.165, 1.54) is 30.2 Å². The Balaban J connectivity index is 1.60. The normalized spacial score (nSPS) is 10.7. The molecule has 0 unspecified atom stereocenters. The molecule has 1 N–H and O–H groups in total. The van der Waals surface area contributed by atoms with Gasteiger partial charge in [0, 0.05) is 18.3 Å². The van der Waals surface area contributed by atoms with Crippen LogP contribution in [0.3, 0.4) is 0 Å². The number of rotatable bonds is 8. The number of benzene rings is 1. The van der Waals surface area contributed by atoms with Gasteiger partial charge in [-0.15, -0.1) is 21.5 Å². The Labute approximate surface area is 182 Å². The average molecular weight is 447 g/mol. The van der Waals surface area contributed by atoms with Gasteiger partial charge in [-0.1, -0.05) is 23.9 Å². The van der Waals surface area contributed by atoms with E-state index in [2.05, 4.69) is 15.5 Å². The molecule has 0 fully saturated rings. The van der Waals surface area contributed by atoms with Gasteiger partial charge in [-0.05, 0) is 30.7 Å². The number of aromatic nitrogens is 3. The molecule has 3 aromatic rings. The highest BCUT2D eigenvalue weighted by molar-refractivity contribution is 7.99. The highest BCUT2D eigenvalue weighted by atomic mass is 32.2. The van der Waals surface area contributed by atoms with E-state index in [1.807, 2.05) is 42.8 Å². The molecule has 158 valence electrons. The molecule has 0 spiro atoms. The van der Waals surface area contributed by atoms with Crippen molar-refractivity contribution < 1.29 is 19.1 Å². The molecule has 10 heteroatoms. The number of nitrogens with one attached hydrogen (secondary N) is 1. The fourth-order valence-corrected chi connectivity index (χ4v) is 4.36. The standard InChI is InChI=1S/C20H22N4O4S2/c1-12-9-15(19(26)28-4)18(30-12)21-17(25)11-29-20-23-22-16(24(20)2)10-13-5-7-14(27-3)8-6-13/h5-9H,10-11H2,1-4H3,(H,21,25). The van der Waals surface area contributed by atoms with Gasteiger partial charge in [-0.3, -0.25) is 4.79 Å². The van der Waals surface area contributed by atoms with E-state index >= 15 is 0 Å². The summed E-state index contributed by atoms with van der Waals surface area (Å²) in [7, 11) is 4.82. The predicted molar refractivity (Wildman–Crippen MR) is 117 cm³/mol. The topological polar surface area (TPSA) is 95.3 Å². The predicted octanol–water partition coefficient (Wildman–Crippen LogP) is 3.30. The lowest BCUT2D eigenvalue weighted by Crippen LogP contribution is -2.16. The summed E-state index contributed by atoms with van der Waals surface area (Å²) in [6.07, 6.45) is 0.622. The molecule has 0 saturated carbocycles. The number of esters is 1. The number of carbonyl (C=O) groups is 2. The zero-order valence-corrected chi connectivity index (χ0v) is 18.7. The number of amides is 1. The van der Waals surface area contributed by atoms with Gasteiger partial charge >= 0.3 is 5.97 Å². The van der Waals surface area contributed by atoms with Crippen LogP contribution < -0.4 is 10.1 Å². The molecule has 0 saturated heterocycles. The molecule has 0 radical (unpaired) electrons. The monoisotopic (exact) mass is 446 g/mol. The number of anilines is 1. The summed E-state index contributed by atoms with van der Waals surface area (Å²) in [6, 6.07) is 9.47. The van der Waals surface area contributed by atoms with E-state index < -0.39 is 5.97 Å². The highest BCUT2D eigenvalue weighted by Crippen LogP contribution is 2.28. The largest absolute Gasteiger partial charge is 0.497 e. The summed E-state index contributed by atoms with van der Waals surface area (Å²) in [5, 5.41) is 12.3. The molecule has 0 atom stereocenters. The summed E-state index contributed by atoms with van der Waals surface area (Å²) in [4.78, 5) is 25.1. The van der Waals surface area contributed by atoms with Crippen LogP contribution in [0.1, 0.15) is 26.6 Å². The SMILES string of the molecule is COC(=O)c1cc(C)sc1NC(=O)CSc1nnc(Cc2ccc(OC)cc2)n1C. The van der Waals surface area contributed by atoms with Crippen molar-refractivity contribution in [3.63, 3.8) is 0 Å². The molecule has 0 aliphatic carbocycles. The second-order valence-corrected chi connectivity index (χ2v) is 8.61. The maximum absolute atomic E-state index is 12.4. The summed E-state index contributed by atoms with van der Waals surface area (Å²) in [5.74, 6) is 1.04. The quantitative estimate of drug-likeness (QED) is 0.419. The van der Waals surface area contributed by atoms with Crippen LogP contribution in [0, 0.1) is 6.92 Å². The third-order valence-electron chi connectivity index (χ3n) is 4.29. The number of thioether (sulfide) groups is 1. The lowest BCUT2D eigenvalue weighted by Gasteiger charge is -2.06. The first-order valence-electron chi connectivity index (χ1n) is 9.04. The minimum atomic E-state index is -0.473. The molecule has 2 heterocycles. The minimum Gasteiger partial charge on any atom is -0.497 e. The Hall–Kier alpha value is -2.85. The Morgan fingerprint density at radius 1 is 1.20 bits per heavy atom. The summed E-state index contributed by atoms with van der Waals surface area (Å²) in [5.41, 5.74) is 1.45. The van der Waals surface area contributed by atoms with E-state index in [4.69, 9.17) is 9.47 Å². The summed E-state index contributed by atoms with van der Waals surface area (Å²) in [6.45, 7) is 1.87. The van der Waals surface area contributed by atoms with Crippen LogP contribution in [-0.2, 0) is 23.0 Å². The number of carbonyl (C=O) groups excluding carboxylic acids is 2. The number of aryl methyl sites for hydroxylation is 1. The first-order chi connectivity index (χ1) is 14.4. The Morgan fingerprint density at radius 2 is 1.93 bits per heavy atom. The summed E-state index contributed by atoms with van der Waals surface area (Å²) >= 11 is 2.62. The fraction of sp³-hybridized carbons (Fsp3) is 0.300. The van der Waals surface area contributed by atoms with Gasteiger partial charge in [-0.25, -0.2) is 4.79 Å². The van der Waals surface area contributed by atoms with E-state index in [9.17, 15) is 9.59 Å². The molecule has 8 nitrogen and oxygen atoms in total. The van der Waals surface area contributed by atoms with Gasteiger partial charge in [0.05, 0.1) is 25.5 Å². The van der Waals surface area contributed by atoms with Crippen molar-refractivity contribution in [1.29, 1.82) is 0 Å². The first-order valence-corrected chi connectivity index (χ1v) is 10.8. The number of ether oxygens (including phenoxy) is 2. The van der Waals surface area contributed by atoms with Gasteiger partial charge in [0.2, 0.25) is 5.91 Å². The van der Waals surface area contributed by atoms with Gasteiger partial charge in [0.1, 0.15) is 16.6 Å². The highest BCUT2D eigenvalue weighted by Gasteiger charge is 2.18. The maximum Gasteiger partial charge on any atom is 0.340 e. The fourth-order valence-electron chi connectivity index (χ4n) is 2.71. The Bertz CT molecular complexity index is 1040. The van der Waals surface area contributed by atoms with E-state index in [0.717, 1.165) is 22.0 Å². The third kappa shape index (κ3) is 5.19. The Kier molecular flexibility index (Phi) is 7.11. The van der Waals surface area contributed by atoms with Crippen molar-refractivity contribution in [3.8, 4) is 5.75 Å². The van der Waals surface area contributed by atoms with Crippen LogP contribution in [0.5, 0.6) is 5.75 Å². The van der Waals surface area contributed by atoms with Crippen molar-refractivity contribution in [2.45, 2.75) is 18.5 Å². The molecule has 0 aliphatic rings. The molecular formula is C20H22N4O4S2. The van der Waals surface area contributed by atoms with Crippen LogP contribution in [0.2, 0.25) is 0 Å². The van der Waals surface area contributed by atoms with Crippen LogP contribution in [0.4, 0.5) is 5.00 Å².